The van der Waals surface area contributed by atoms with Crippen molar-refractivity contribution >= 4 is 29.4 Å². The lowest BCUT2D eigenvalue weighted by Crippen LogP contribution is -2.32. The van der Waals surface area contributed by atoms with Gasteiger partial charge in [0, 0.05) is 19.2 Å². The monoisotopic (exact) mass is 328 g/mol. The molecule has 0 amide bonds. The molecule has 0 radical (unpaired) electrons. The summed E-state index contributed by atoms with van der Waals surface area (Å²) in [6, 6.07) is 14.6. The van der Waals surface area contributed by atoms with Gasteiger partial charge >= 0.3 is 0 Å². The molecule has 3 N–H and O–H groups in total. The quantitative estimate of drug-likeness (QED) is 0.513. The molecule has 1 aromatic heterocycles. The van der Waals surface area contributed by atoms with Gasteiger partial charge in [-0.05, 0) is 42.6 Å². The molecule has 0 unspecified atom stereocenters. The van der Waals surface area contributed by atoms with E-state index in [1.54, 1.807) is 6.21 Å². The van der Waals surface area contributed by atoms with Crippen LogP contribution in [0, 0.1) is 0 Å². The summed E-state index contributed by atoms with van der Waals surface area (Å²) < 4.78 is 5.80. The molecule has 1 aliphatic rings. The first-order chi connectivity index (χ1) is 11.2. The van der Waals surface area contributed by atoms with Crippen LogP contribution in [0.2, 0.25) is 0 Å². The van der Waals surface area contributed by atoms with Gasteiger partial charge in [0.05, 0.1) is 6.21 Å². The van der Waals surface area contributed by atoms with Gasteiger partial charge in [-0.2, -0.15) is 5.10 Å². The molecule has 1 fully saturated rings. The van der Waals surface area contributed by atoms with Crippen molar-refractivity contribution in [2.75, 3.05) is 18.0 Å². The standard InChI is InChI=1S/C17H20N4OS/c18-17(23)20-19-12-15-6-7-16(22-15)21-10-8-14(9-11-21)13-4-2-1-3-5-13/h1-7,12,14H,8-11H2,(H3,18,20,23)/b19-12+. The van der Waals surface area contributed by atoms with E-state index in [9.17, 15) is 0 Å². The highest BCUT2D eigenvalue weighted by Crippen LogP contribution is 2.30. The molecule has 0 spiro atoms. The Kier molecular flexibility index (Phi) is 4.92. The molecule has 0 bridgehead atoms. The lowest BCUT2D eigenvalue weighted by atomic mass is 9.89. The molecule has 23 heavy (non-hydrogen) atoms. The zero-order valence-corrected chi connectivity index (χ0v) is 13.6. The number of anilines is 1. The Hall–Kier alpha value is -2.34. The Morgan fingerprint density at radius 2 is 1.96 bits per heavy atom. The summed E-state index contributed by atoms with van der Waals surface area (Å²) in [5.41, 5.74) is 9.25. The molecular weight excluding hydrogens is 308 g/mol. The summed E-state index contributed by atoms with van der Waals surface area (Å²) in [6.07, 6.45) is 3.84. The first-order valence-electron chi connectivity index (χ1n) is 7.70. The predicted molar refractivity (Wildman–Crippen MR) is 96.9 cm³/mol. The van der Waals surface area contributed by atoms with E-state index >= 15 is 0 Å². The molecule has 2 heterocycles. The SMILES string of the molecule is NC(=S)N/N=C/c1ccc(N2CCC(c3ccccc3)CC2)o1. The normalized spacial score (nSPS) is 15.9. The summed E-state index contributed by atoms with van der Waals surface area (Å²) in [7, 11) is 0. The van der Waals surface area contributed by atoms with Gasteiger partial charge in [0.25, 0.3) is 0 Å². The third-order valence-corrected chi connectivity index (χ3v) is 4.15. The second-order valence-corrected chi connectivity index (χ2v) is 6.02. The van der Waals surface area contributed by atoms with Gasteiger partial charge in [-0.1, -0.05) is 30.3 Å². The van der Waals surface area contributed by atoms with Crippen molar-refractivity contribution in [1.29, 1.82) is 0 Å². The minimum atomic E-state index is 0.135. The van der Waals surface area contributed by atoms with Gasteiger partial charge in [0.1, 0.15) is 5.76 Å². The fraction of sp³-hybridized carbons (Fsp3) is 0.294. The minimum absolute atomic E-state index is 0.135. The van der Waals surface area contributed by atoms with Crippen LogP contribution >= 0.6 is 12.2 Å². The molecule has 5 nitrogen and oxygen atoms in total. The highest BCUT2D eigenvalue weighted by molar-refractivity contribution is 7.80. The lowest BCUT2D eigenvalue weighted by molar-refractivity contribution is 0.463. The predicted octanol–water partition coefficient (Wildman–Crippen LogP) is 2.83. The molecular formula is C17H20N4OS. The van der Waals surface area contributed by atoms with Crippen LogP contribution in [-0.2, 0) is 0 Å². The van der Waals surface area contributed by atoms with Crippen molar-refractivity contribution in [1.82, 2.24) is 5.43 Å². The molecule has 1 aliphatic heterocycles. The number of nitrogens with zero attached hydrogens (tertiary/aromatic N) is 2. The third-order valence-electron chi connectivity index (χ3n) is 4.06. The summed E-state index contributed by atoms with van der Waals surface area (Å²) in [5.74, 6) is 2.19. The van der Waals surface area contributed by atoms with E-state index in [1.165, 1.54) is 5.56 Å². The van der Waals surface area contributed by atoms with Crippen LogP contribution in [0.15, 0.2) is 52.0 Å². The molecule has 1 saturated heterocycles. The maximum absolute atomic E-state index is 5.80. The van der Waals surface area contributed by atoms with E-state index in [1.807, 2.05) is 12.1 Å². The molecule has 3 rings (SSSR count). The van der Waals surface area contributed by atoms with Crippen LogP contribution in [0.1, 0.15) is 30.1 Å². The van der Waals surface area contributed by atoms with Crippen molar-refractivity contribution in [2.45, 2.75) is 18.8 Å². The van der Waals surface area contributed by atoms with Gasteiger partial charge in [-0.25, -0.2) is 0 Å². The van der Waals surface area contributed by atoms with Crippen molar-refractivity contribution in [3.8, 4) is 0 Å². The van der Waals surface area contributed by atoms with Gasteiger partial charge in [-0.3, -0.25) is 5.43 Å². The Balaban J connectivity index is 1.57. The van der Waals surface area contributed by atoms with Crippen LogP contribution in [0.3, 0.4) is 0 Å². The maximum atomic E-state index is 5.80. The smallest absolute Gasteiger partial charge is 0.196 e. The number of furan rings is 1. The molecule has 0 atom stereocenters. The highest BCUT2D eigenvalue weighted by Gasteiger charge is 2.22. The molecule has 6 heteroatoms. The Morgan fingerprint density at radius 1 is 1.22 bits per heavy atom. The van der Waals surface area contributed by atoms with E-state index in [4.69, 9.17) is 10.2 Å². The van der Waals surface area contributed by atoms with Crippen LogP contribution in [-0.4, -0.2) is 24.4 Å². The number of benzene rings is 1. The zero-order valence-electron chi connectivity index (χ0n) is 12.8. The summed E-state index contributed by atoms with van der Waals surface area (Å²) in [6.45, 7) is 1.99. The van der Waals surface area contributed by atoms with E-state index < -0.39 is 0 Å². The van der Waals surface area contributed by atoms with Crippen molar-refractivity contribution in [2.24, 2.45) is 10.8 Å². The molecule has 1 aromatic carbocycles. The Labute approximate surface area is 141 Å². The Bertz CT molecular complexity index is 675. The van der Waals surface area contributed by atoms with Crippen molar-refractivity contribution < 1.29 is 4.42 Å². The van der Waals surface area contributed by atoms with Crippen LogP contribution in [0.5, 0.6) is 0 Å². The van der Waals surface area contributed by atoms with Gasteiger partial charge in [-0.15, -0.1) is 0 Å². The van der Waals surface area contributed by atoms with Crippen LogP contribution in [0.4, 0.5) is 5.88 Å². The van der Waals surface area contributed by atoms with Crippen LogP contribution < -0.4 is 16.1 Å². The first kappa shape index (κ1) is 15.6. The average Bonchev–Trinajstić information content (AvgIpc) is 3.04. The summed E-state index contributed by atoms with van der Waals surface area (Å²) in [4.78, 5) is 2.28. The number of hydrogen-bond acceptors (Lipinski definition) is 4. The number of nitrogens with one attached hydrogen (secondary N) is 1. The number of hydrogen-bond donors (Lipinski definition) is 2. The second kappa shape index (κ2) is 7.28. The largest absolute Gasteiger partial charge is 0.440 e. The highest BCUT2D eigenvalue weighted by atomic mass is 32.1. The topological polar surface area (TPSA) is 66.8 Å². The fourth-order valence-corrected chi connectivity index (χ4v) is 2.95. The minimum Gasteiger partial charge on any atom is -0.440 e. The average molecular weight is 328 g/mol. The number of nitrogens with two attached hydrogens (primary N) is 1. The van der Waals surface area contributed by atoms with Gasteiger partial charge < -0.3 is 15.1 Å². The molecule has 2 aromatic rings. The maximum Gasteiger partial charge on any atom is 0.196 e. The van der Waals surface area contributed by atoms with Gasteiger partial charge in [0.2, 0.25) is 0 Å². The van der Waals surface area contributed by atoms with Crippen LogP contribution in [0.25, 0.3) is 0 Å². The number of piperidine rings is 1. The first-order valence-corrected chi connectivity index (χ1v) is 8.11. The van der Waals surface area contributed by atoms with E-state index in [0.717, 1.165) is 31.8 Å². The molecule has 0 saturated carbocycles. The molecule has 120 valence electrons. The van der Waals surface area contributed by atoms with E-state index in [2.05, 4.69) is 58.0 Å². The summed E-state index contributed by atoms with van der Waals surface area (Å²) in [5, 5.41) is 4.03. The van der Waals surface area contributed by atoms with E-state index in [0.29, 0.717) is 11.7 Å². The number of hydrazone groups is 1. The van der Waals surface area contributed by atoms with Crippen molar-refractivity contribution in [3.05, 3.63) is 53.8 Å². The van der Waals surface area contributed by atoms with E-state index in [-0.39, 0.29) is 5.11 Å². The third kappa shape index (κ3) is 4.10. The Morgan fingerprint density at radius 3 is 2.65 bits per heavy atom. The lowest BCUT2D eigenvalue weighted by Gasteiger charge is -2.32. The zero-order chi connectivity index (χ0) is 16.1. The van der Waals surface area contributed by atoms with Crippen molar-refractivity contribution in [3.63, 3.8) is 0 Å². The number of thiocarbonyl (C=S) groups is 1. The number of rotatable bonds is 4. The molecule has 0 aliphatic carbocycles. The second-order valence-electron chi connectivity index (χ2n) is 5.58. The summed E-state index contributed by atoms with van der Waals surface area (Å²) >= 11 is 4.68. The fourth-order valence-electron chi connectivity index (χ4n) is 2.90. The van der Waals surface area contributed by atoms with Gasteiger partial charge in [0.15, 0.2) is 11.0 Å².